The zero-order chi connectivity index (χ0) is 13.9. The molecule has 1 rings (SSSR count). The molecule has 1 unspecified atom stereocenters. The molecule has 5 heteroatoms. The largest absolute Gasteiger partial charge is 0.382 e. The molecule has 19 heavy (non-hydrogen) atoms. The van der Waals surface area contributed by atoms with Gasteiger partial charge in [0.05, 0.1) is 13.2 Å². The molecular weight excluding hydrogens is 260 g/mol. The van der Waals surface area contributed by atoms with Crippen molar-refractivity contribution in [3.05, 3.63) is 0 Å². The van der Waals surface area contributed by atoms with Crippen molar-refractivity contribution >= 4 is 16.9 Å². The summed E-state index contributed by atoms with van der Waals surface area (Å²) in [5.74, 6) is 1.87. The topological polar surface area (TPSA) is 42.9 Å². The molecule has 1 saturated heterocycles. The van der Waals surface area contributed by atoms with Crippen LogP contribution >= 0.6 is 11.8 Å². The van der Waals surface area contributed by atoms with Gasteiger partial charge in [-0.3, -0.25) is 4.99 Å². The van der Waals surface area contributed by atoms with Crippen LogP contribution in [-0.4, -0.2) is 50.4 Å². The van der Waals surface area contributed by atoms with E-state index in [0.717, 1.165) is 31.2 Å². The standard InChI is InChI=1S/C14H28N2O2S/c1-12(2)13-6-11-19-14(16-13)15-7-4-5-8-18-10-9-17-3/h12-13H,4-11H2,1-3H3,(H,15,16). The Kier molecular flexibility index (Phi) is 9.30. The summed E-state index contributed by atoms with van der Waals surface area (Å²) in [7, 11) is 1.69. The number of rotatable bonds is 9. The van der Waals surface area contributed by atoms with Gasteiger partial charge in [-0.1, -0.05) is 25.6 Å². The van der Waals surface area contributed by atoms with Crippen molar-refractivity contribution in [2.45, 2.75) is 39.2 Å². The lowest BCUT2D eigenvalue weighted by Crippen LogP contribution is -2.41. The molecule has 1 aliphatic heterocycles. The van der Waals surface area contributed by atoms with E-state index in [1.165, 1.54) is 12.2 Å². The van der Waals surface area contributed by atoms with Crippen LogP contribution < -0.4 is 5.32 Å². The predicted octanol–water partition coefficient (Wildman–Crippen LogP) is 2.54. The smallest absolute Gasteiger partial charge is 0.156 e. The van der Waals surface area contributed by atoms with Crippen LogP contribution in [0.5, 0.6) is 0 Å². The third kappa shape index (κ3) is 7.80. The molecule has 0 aliphatic carbocycles. The lowest BCUT2D eigenvalue weighted by atomic mass is 10.0. The van der Waals surface area contributed by atoms with Crippen LogP contribution in [0.2, 0.25) is 0 Å². The summed E-state index contributed by atoms with van der Waals surface area (Å²) in [6.45, 7) is 7.61. The SMILES string of the molecule is COCCOCCCCN=C1NC(C(C)C)CCS1. The maximum absolute atomic E-state index is 5.42. The highest BCUT2D eigenvalue weighted by molar-refractivity contribution is 8.13. The van der Waals surface area contributed by atoms with Gasteiger partial charge in [0.15, 0.2) is 5.17 Å². The van der Waals surface area contributed by atoms with Gasteiger partial charge in [-0.25, -0.2) is 0 Å². The lowest BCUT2D eigenvalue weighted by molar-refractivity contribution is 0.0690. The van der Waals surface area contributed by atoms with Gasteiger partial charge in [0.1, 0.15) is 0 Å². The Morgan fingerprint density at radius 2 is 2.16 bits per heavy atom. The van der Waals surface area contributed by atoms with Crippen LogP contribution in [0.15, 0.2) is 4.99 Å². The molecule has 112 valence electrons. The minimum Gasteiger partial charge on any atom is -0.382 e. The summed E-state index contributed by atoms with van der Waals surface area (Å²) in [6, 6.07) is 0.595. The second kappa shape index (κ2) is 10.5. The molecule has 0 bridgehead atoms. The van der Waals surface area contributed by atoms with Crippen molar-refractivity contribution in [2.24, 2.45) is 10.9 Å². The van der Waals surface area contributed by atoms with Crippen molar-refractivity contribution in [1.82, 2.24) is 5.32 Å². The van der Waals surface area contributed by atoms with E-state index < -0.39 is 0 Å². The van der Waals surface area contributed by atoms with Crippen molar-refractivity contribution in [2.75, 3.05) is 39.2 Å². The van der Waals surface area contributed by atoms with Gasteiger partial charge in [0, 0.05) is 32.1 Å². The van der Waals surface area contributed by atoms with Gasteiger partial charge >= 0.3 is 0 Å². The number of thioether (sulfide) groups is 1. The third-order valence-corrected chi connectivity index (χ3v) is 4.13. The number of amidine groups is 1. The monoisotopic (exact) mass is 288 g/mol. The minimum absolute atomic E-state index is 0.595. The van der Waals surface area contributed by atoms with Gasteiger partial charge in [0.2, 0.25) is 0 Å². The van der Waals surface area contributed by atoms with Gasteiger partial charge in [-0.2, -0.15) is 0 Å². The van der Waals surface area contributed by atoms with E-state index in [9.17, 15) is 0 Å². The molecule has 1 N–H and O–H groups in total. The van der Waals surface area contributed by atoms with Crippen LogP contribution in [0.4, 0.5) is 0 Å². The summed E-state index contributed by atoms with van der Waals surface area (Å²) >= 11 is 1.85. The van der Waals surface area contributed by atoms with Gasteiger partial charge in [-0.05, 0) is 25.2 Å². The van der Waals surface area contributed by atoms with Gasteiger partial charge in [-0.15, -0.1) is 0 Å². The Hall–Kier alpha value is -0.260. The van der Waals surface area contributed by atoms with E-state index in [0.29, 0.717) is 25.2 Å². The summed E-state index contributed by atoms with van der Waals surface area (Å²) in [6.07, 6.45) is 3.40. The molecule has 0 saturated carbocycles. The Labute approximate surface area is 121 Å². The van der Waals surface area contributed by atoms with E-state index in [1.807, 2.05) is 11.8 Å². The molecule has 4 nitrogen and oxygen atoms in total. The first-order chi connectivity index (χ1) is 9.24. The van der Waals surface area contributed by atoms with Crippen LogP contribution in [0.25, 0.3) is 0 Å². The number of nitrogens with one attached hydrogen (secondary N) is 1. The minimum atomic E-state index is 0.595. The molecule has 0 aromatic rings. The second-order valence-electron chi connectivity index (χ2n) is 5.13. The van der Waals surface area contributed by atoms with E-state index in [1.54, 1.807) is 7.11 Å². The number of nitrogens with zero attached hydrogens (tertiary/aromatic N) is 1. The second-order valence-corrected chi connectivity index (χ2v) is 6.21. The van der Waals surface area contributed by atoms with Crippen molar-refractivity contribution < 1.29 is 9.47 Å². The van der Waals surface area contributed by atoms with E-state index in [2.05, 4.69) is 24.2 Å². The average Bonchev–Trinajstić information content (AvgIpc) is 2.42. The van der Waals surface area contributed by atoms with Gasteiger partial charge < -0.3 is 14.8 Å². The van der Waals surface area contributed by atoms with Crippen molar-refractivity contribution in [1.29, 1.82) is 0 Å². The molecule has 0 radical (unpaired) electrons. The normalized spacial score (nSPS) is 21.9. The summed E-state index contributed by atoms with van der Waals surface area (Å²) in [5, 5.41) is 4.67. The molecule has 0 aromatic heterocycles. The highest BCUT2D eigenvalue weighted by Crippen LogP contribution is 2.18. The predicted molar refractivity (Wildman–Crippen MR) is 83.1 cm³/mol. The first-order valence-corrected chi connectivity index (χ1v) is 8.23. The van der Waals surface area contributed by atoms with E-state index in [-0.39, 0.29) is 0 Å². The molecule has 1 atom stereocenters. The highest BCUT2D eigenvalue weighted by atomic mass is 32.2. The van der Waals surface area contributed by atoms with Crippen LogP contribution in [0.1, 0.15) is 33.1 Å². The summed E-state index contributed by atoms with van der Waals surface area (Å²) in [5.41, 5.74) is 0. The highest BCUT2D eigenvalue weighted by Gasteiger charge is 2.19. The fourth-order valence-corrected chi connectivity index (χ4v) is 2.87. The molecule has 0 aromatic carbocycles. The van der Waals surface area contributed by atoms with Crippen LogP contribution in [-0.2, 0) is 9.47 Å². The Bertz CT molecular complexity index is 260. The Morgan fingerprint density at radius 1 is 1.32 bits per heavy atom. The molecule has 1 fully saturated rings. The third-order valence-electron chi connectivity index (χ3n) is 3.17. The Morgan fingerprint density at radius 3 is 2.89 bits per heavy atom. The van der Waals surface area contributed by atoms with Crippen LogP contribution in [0, 0.1) is 5.92 Å². The molecule has 0 amide bonds. The average molecular weight is 288 g/mol. The number of aliphatic imine (C=N–C) groups is 1. The zero-order valence-corrected chi connectivity index (χ0v) is 13.3. The number of hydrogen-bond acceptors (Lipinski definition) is 4. The molecule has 1 heterocycles. The quantitative estimate of drug-likeness (QED) is 0.662. The maximum Gasteiger partial charge on any atom is 0.156 e. The number of hydrogen-bond donors (Lipinski definition) is 1. The molecular formula is C14H28N2O2S. The van der Waals surface area contributed by atoms with Crippen molar-refractivity contribution in [3.63, 3.8) is 0 Å². The fourth-order valence-electron chi connectivity index (χ4n) is 1.89. The zero-order valence-electron chi connectivity index (χ0n) is 12.5. The first kappa shape index (κ1) is 16.8. The fraction of sp³-hybridized carbons (Fsp3) is 0.929. The molecule has 0 spiro atoms. The van der Waals surface area contributed by atoms with E-state index in [4.69, 9.17) is 9.47 Å². The Balaban J connectivity index is 2.05. The maximum atomic E-state index is 5.42. The number of unbranched alkanes of at least 4 members (excludes halogenated alkanes) is 1. The number of methoxy groups -OCH3 is 1. The lowest BCUT2D eigenvalue weighted by Gasteiger charge is -2.28. The summed E-state index contributed by atoms with van der Waals surface area (Å²) in [4.78, 5) is 4.64. The number of ether oxygens (including phenoxy) is 2. The first-order valence-electron chi connectivity index (χ1n) is 7.24. The molecule has 1 aliphatic rings. The summed E-state index contributed by atoms with van der Waals surface area (Å²) < 4.78 is 10.3. The van der Waals surface area contributed by atoms with Crippen LogP contribution in [0.3, 0.4) is 0 Å². The van der Waals surface area contributed by atoms with E-state index >= 15 is 0 Å². The van der Waals surface area contributed by atoms with Crippen molar-refractivity contribution in [3.8, 4) is 0 Å². The van der Waals surface area contributed by atoms with Gasteiger partial charge in [0.25, 0.3) is 0 Å².